The molecule has 7 heteroatoms. The number of aliphatic hydroxyl groups is 1. The van der Waals surface area contributed by atoms with Crippen LogP contribution in [-0.4, -0.2) is 37.0 Å². The van der Waals surface area contributed by atoms with Crippen molar-refractivity contribution in [3.63, 3.8) is 0 Å². The highest BCUT2D eigenvalue weighted by molar-refractivity contribution is 5.35. The van der Waals surface area contributed by atoms with Gasteiger partial charge in [0.2, 0.25) is 5.95 Å². The summed E-state index contributed by atoms with van der Waals surface area (Å²) in [5, 5.41) is 26.4. The Bertz CT molecular complexity index is 704. The largest absolute Gasteiger partial charge is 0.391 e. The van der Waals surface area contributed by atoms with Crippen molar-refractivity contribution in [2.24, 2.45) is 0 Å². The molecule has 2 aromatic rings. The van der Waals surface area contributed by atoms with Crippen LogP contribution in [0.4, 0.5) is 5.95 Å². The van der Waals surface area contributed by atoms with Crippen molar-refractivity contribution in [1.82, 2.24) is 19.7 Å². The summed E-state index contributed by atoms with van der Waals surface area (Å²) in [4.78, 5) is 8.41. The number of nitrogens with zero attached hydrogens (tertiary/aromatic N) is 5. The fraction of sp³-hybridized carbons (Fsp3) is 0.429. The molecule has 2 aromatic heterocycles. The molecular weight excluding hydrogens is 268 g/mol. The second-order valence-electron chi connectivity index (χ2n) is 5.37. The predicted octanol–water partition coefficient (Wildman–Crippen LogP) is 0.948. The van der Waals surface area contributed by atoms with E-state index in [1.54, 1.807) is 16.9 Å². The van der Waals surface area contributed by atoms with E-state index >= 15 is 0 Å². The lowest BCUT2D eigenvalue weighted by Gasteiger charge is -2.41. The zero-order chi connectivity index (χ0) is 15.0. The molecule has 1 fully saturated rings. The molecular formula is C14H16N6O. The molecule has 3 rings (SSSR count). The van der Waals surface area contributed by atoms with Crippen molar-refractivity contribution in [3.8, 4) is 6.07 Å². The maximum atomic E-state index is 9.98. The Kier molecular flexibility index (Phi) is 3.31. The Balaban J connectivity index is 1.79. The molecule has 2 N–H and O–H groups in total. The highest BCUT2D eigenvalue weighted by atomic mass is 16.3. The van der Waals surface area contributed by atoms with Crippen LogP contribution in [0.3, 0.4) is 0 Å². The standard InChI is InChI=1S/C14H16N6O/c1-8-6-16-20(7-8)13-11(4-12(13)21)19-14-17-9(2)3-10(5-15)18-14/h3,6-7,11-13,21H,4H2,1-2H3,(H,17,18,19)/t11-,12+,13+/m0/s1. The molecule has 0 radical (unpaired) electrons. The maximum absolute atomic E-state index is 9.98. The quantitative estimate of drug-likeness (QED) is 0.870. The van der Waals surface area contributed by atoms with Gasteiger partial charge in [-0.1, -0.05) is 0 Å². The molecule has 0 bridgehead atoms. The minimum atomic E-state index is -0.443. The summed E-state index contributed by atoms with van der Waals surface area (Å²) in [5.41, 5.74) is 2.11. The average molecular weight is 284 g/mol. The minimum absolute atomic E-state index is 0.00681. The summed E-state index contributed by atoms with van der Waals surface area (Å²) in [6.07, 6.45) is 3.82. The molecule has 108 valence electrons. The van der Waals surface area contributed by atoms with Gasteiger partial charge in [-0.25, -0.2) is 9.97 Å². The molecule has 0 aliphatic heterocycles. The number of hydrogen-bond donors (Lipinski definition) is 2. The molecule has 1 aliphatic rings. The fourth-order valence-electron chi connectivity index (χ4n) is 2.57. The molecule has 1 aliphatic carbocycles. The molecule has 21 heavy (non-hydrogen) atoms. The van der Waals surface area contributed by atoms with Gasteiger partial charge in [-0.3, -0.25) is 4.68 Å². The van der Waals surface area contributed by atoms with E-state index in [0.717, 1.165) is 11.3 Å². The molecule has 0 spiro atoms. The molecule has 2 heterocycles. The van der Waals surface area contributed by atoms with Crippen LogP contribution in [0.25, 0.3) is 0 Å². The van der Waals surface area contributed by atoms with E-state index in [-0.39, 0.29) is 12.1 Å². The van der Waals surface area contributed by atoms with Crippen molar-refractivity contribution in [2.75, 3.05) is 5.32 Å². The molecule has 0 aromatic carbocycles. The van der Waals surface area contributed by atoms with Crippen molar-refractivity contribution in [1.29, 1.82) is 5.26 Å². The van der Waals surface area contributed by atoms with Gasteiger partial charge in [0.15, 0.2) is 0 Å². The third kappa shape index (κ3) is 2.58. The molecule has 0 saturated heterocycles. The van der Waals surface area contributed by atoms with Crippen LogP contribution in [-0.2, 0) is 0 Å². The second kappa shape index (κ2) is 5.14. The number of nitriles is 1. The smallest absolute Gasteiger partial charge is 0.224 e. The first-order chi connectivity index (χ1) is 10.1. The molecule has 3 atom stereocenters. The number of rotatable bonds is 3. The van der Waals surface area contributed by atoms with E-state index in [2.05, 4.69) is 20.4 Å². The Morgan fingerprint density at radius 1 is 1.43 bits per heavy atom. The fourth-order valence-corrected chi connectivity index (χ4v) is 2.57. The predicted molar refractivity (Wildman–Crippen MR) is 75.5 cm³/mol. The summed E-state index contributed by atoms with van der Waals surface area (Å²) in [5.74, 6) is 0.414. The van der Waals surface area contributed by atoms with Gasteiger partial charge in [0.05, 0.1) is 24.4 Å². The number of hydrogen-bond acceptors (Lipinski definition) is 6. The van der Waals surface area contributed by atoms with Crippen molar-refractivity contribution < 1.29 is 5.11 Å². The number of aliphatic hydroxyl groups excluding tert-OH is 1. The Labute approximate surface area is 122 Å². The topological polar surface area (TPSA) is 99.6 Å². The Hall–Kier alpha value is -2.46. The van der Waals surface area contributed by atoms with Gasteiger partial charge in [-0.05, 0) is 31.9 Å². The monoisotopic (exact) mass is 284 g/mol. The van der Waals surface area contributed by atoms with Gasteiger partial charge in [-0.15, -0.1) is 0 Å². The molecule has 1 saturated carbocycles. The lowest BCUT2D eigenvalue weighted by molar-refractivity contribution is 0.0131. The summed E-state index contributed by atoms with van der Waals surface area (Å²) in [6.45, 7) is 3.78. The highest BCUT2D eigenvalue weighted by Gasteiger charge is 2.42. The third-order valence-electron chi connectivity index (χ3n) is 3.62. The first kappa shape index (κ1) is 13.5. The van der Waals surface area contributed by atoms with Crippen LogP contribution < -0.4 is 5.32 Å². The van der Waals surface area contributed by atoms with E-state index in [4.69, 9.17) is 5.26 Å². The van der Waals surface area contributed by atoms with Crippen LogP contribution in [0.2, 0.25) is 0 Å². The number of aryl methyl sites for hydroxylation is 2. The van der Waals surface area contributed by atoms with E-state index in [0.29, 0.717) is 18.1 Å². The average Bonchev–Trinajstić information content (AvgIpc) is 2.83. The van der Waals surface area contributed by atoms with Crippen molar-refractivity contribution in [3.05, 3.63) is 35.4 Å². The van der Waals surface area contributed by atoms with Crippen LogP contribution >= 0.6 is 0 Å². The first-order valence-corrected chi connectivity index (χ1v) is 6.78. The first-order valence-electron chi connectivity index (χ1n) is 6.78. The van der Waals surface area contributed by atoms with Gasteiger partial charge in [-0.2, -0.15) is 10.4 Å². The van der Waals surface area contributed by atoms with E-state index < -0.39 is 6.10 Å². The summed E-state index contributed by atoms with van der Waals surface area (Å²) in [7, 11) is 0. The molecule has 0 unspecified atom stereocenters. The van der Waals surface area contributed by atoms with Gasteiger partial charge in [0, 0.05) is 11.9 Å². The lowest BCUT2D eigenvalue weighted by atomic mass is 9.83. The SMILES string of the molecule is Cc1cnn([C@H]2[C@H](O)C[C@@H]2Nc2nc(C)cc(C#N)n2)c1. The lowest BCUT2D eigenvalue weighted by Crippen LogP contribution is -2.51. The Morgan fingerprint density at radius 2 is 2.24 bits per heavy atom. The van der Waals surface area contributed by atoms with Gasteiger partial charge < -0.3 is 10.4 Å². The van der Waals surface area contributed by atoms with Crippen LogP contribution in [0, 0.1) is 25.2 Å². The normalized spacial score (nSPS) is 24.2. The summed E-state index contributed by atoms with van der Waals surface area (Å²) >= 11 is 0. The van der Waals surface area contributed by atoms with Gasteiger partial charge in [0.25, 0.3) is 0 Å². The number of nitrogens with one attached hydrogen (secondary N) is 1. The second-order valence-corrected chi connectivity index (χ2v) is 5.37. The van der Waals surface area contributed by atoms with Crippen molar-refractivity contribution >= 4 is 5.95 Å². The van der Waals surface area contributed by atoms with Crippen LogP contribution in [0.5, 0.6) is 0 Å². The highest BCUT2D eigenvalue weighted by Crippen LogP contribution is 2.34. The van der Waals surface area contributed by atoms with E-state index in [9.17, 15) is 5.11 Å². The summed E-state index contributed by atoms with van der Waals surface area (Å²) in [6, 6.07) is 3.50. The third-order valence-corrected chi connectivity index (χ3v) is 3.62. The van der Waals surface area contributed by atoms with Crippen molar-refractivity contribution in [2.45, 2.75) is 38.5 Å². The molecule has 7 nitrogen and oxygen atoms in total. The van der Waals surface area contributed by atoms with Crippen LogP contribution in [0.15, 0.2) is 18.5 Å². The zero-order valence-corrected chi connectivity index (χ0v) is 11.9. The molecule has 0 amide bonds. The maximum Gasteiger partial charge on any atom is 0.224 e. The van der Waals surface area contributed by atoms with E-state index in [1.165, 1.54) is 0 Å². The summed E-state index contributed by atoms with van der Waals surface area (Å²) < 4.78 is 1.77. The zero-order valence-electron chi connectivity index (χ0n) is 11.9. The minimum Gasteiger partial charge on any atom is -0.391 e. The van der Waals surface area contributed by atoms with E-state index in [1.807, 2.05) is 26.1 Å². The number of anilines is 1. The van der Waals surface area contributed by atoms with Crippen LogP contribution in [0.1, 0.15) is 29.4 Å². The number of aromatic nitrogens is 4. The van der Waals surface area contributed by atoms with Gasteiger partial charge >= 0.3 is 0 Å². The van der Waals surface area contributed by atoms with Gasteiger partial charge in [0.1, 0.15) is 11.8 Å². The Morgan fingerprint density at radius 3 is 2.86 bits per heavy atom.